The molecule has 9 heteroatoms. The van der Waals surface area contributed by atoms with Crippen molar-refractivity contribution in [3.63, 3.8) is 0 Å². The molecule has 172 valence electrons. The van der Waals surface area contributed by atoms with Crippen LogP contribution in [0.15, 0.2) is 85.2 Å². The van der Waals surface area contributed by atoms with Gasteiger partial charge in [0.2, 0.25) is 11.9 Å². The van der Waals surface area contributed by atoms with E-state index in [1.165, 1.54) is 0 Å². The molecule has 34 heavy (non-hydrogen) atoms. The number of anilines is 3. The van der Waals surface area contributed by atoms with Crippen molar-refractivity contribution in [1.82, 2.24) is 25.3 Å². The number of carbonyl (C=O) groups is 1. The molecule has 0 aliphatic carbocycles. The molecule has 4 aromatic rings. The lowest BCUT2D eigenvalue weighted by atomic mass is 10.1. The topological polar surface area (TPSA) is 122 Å². The molecule has 2 heterocycles. The van der Waals surface area contributed by atoms with Crippen LogP contribution in [0.1, 0.15) is 5.56 Å². The Morgan fingerprint density at radius 2 is 1.56 bits per heavy atom. The summed E-state index contributed by atoms with van der Waals surface area (Å²) in [4.78, 5) is 31.8. The van der Waals surface area contributed by atoms with Crippen molar-refractivity contribution in [1.29, 1.82) is 0 Å². The molecule has 0 fully saturated rings. The van der Waals surface area contributed by atoms with Gasteiger partial charge in [-0.05, 0) is 17.7 Å². The molecule has 0 saturated heterocycles. The minimum atomic E-state index is -0.428. The van der Waals surface area contributed by atoms with Crippen LogP contribution >= 0.6 is 0 Å². The minimum absolute atomic E-state index is 0.103. The van der Waals surface area contributed by atoms with Crippen LogP contribution in [0.25, 0.3) is 11.4 Å². The molecule has 4 N–H and O–H groups in total. The largest absolute Gasteiger partial charge is 0.335 e. The summed E-state index contributed by atoms with van der Waals surface area (Å²) < 4.78 is 0. The summed E-state index contributed by atoms with van der Waals surface area (Å²) in [6, 6.07) is 23.2. The van der Waals surface area contributed by atoms with E-state index in [1.54, 1.807) is 18.5 Å². The van der Waals surface area contributed by atoms with Crippen LogP contribution in [0.2, 0.25) is 0 Å². The van der Waals surface area contributed by atoms with Crippen molar-refractivity contribution in [2.45, 2.75) is 12.6 Å². The molecule has 9 nitrogen and oxygen atoms in total. The van der Waals surface area contributed by atoms with E-state index >= 15 is 0 Å². The number of aromatic nitrogens is 4. The molecular weight excluding hydrogens is 428 g/mol. The van der Waals surface area contributed by atoms with Gasteiger partial charge >= 0.3 is 0 Å². The second-order valence-electron chi connectivity index (χ2n) is 7.56. The monoisotopic (exact) mass is 454 g/mol. The number of nitrogens with two attached hydrogens (primary N) is 1. The maximum atomic E-state index is 12.0. The van der Waals surface area contributed by atoms with Gasteiger partial charge in [0.05, 0.1) is 6.54 Å². The van der Waals surface area contributed by atoms with Gasteiger partial charge in [-0.25, -0.2) is 15.0 Å². The number of nitrogens with one attached hydrogen (secondary N) is 2. The second kappa shape index (κ2) is 11.0. The number of rotatable bonds is 9. The van der Waals surface area contributed by atoms with Crippen molar-refractivity contribution >= 4 is 23.5 Å². The summed E-state index contributed by atoms with van der Waals surface area (Å²) in [5.41, 5.74) is 7.49. The second-order valence-corrected chi connectivity index (χ2v) is 7.56. The van der Waals surface area contributed by atoms with Crippen LogP contribution in [0.4, 0.5) is 17.6 Å². The third-order valence-corrected chi connectivity index (χ3v) is 5.11. The highest BCUT2D eigenvalue weighted by Crippen LogP contribution is 2.23. The van der Waals surface area contributed by atoms with Crippen LogP contribution in [0.3, 0.4) is 0 Å². The Hall–Kier alpha value is -4.37. The van der Waals surface area contributed by atoms with Crippen molar-refractivity contribution < 1.29 is 4.79 Å². The normalized spacial score (nSPS) is 11.5. The van der Waals surface area contributed by atoms with Crippen LogP contribution in [0, 0.1) is 0 Å². The fraction of sp³-hybridized carbons (Fsp3) is 0.160. The Bertz CT molecular complexity index is 1220. The standard InChI is InChI=1S/C25H26N8O/c1-33(21-12-14-27-24(31-21)19-10-6-3-7-11-19)22-13-15-28-25(32-22)30-20(29-23(34)17-26)16-18-8-4-2-5-9-18/h2-15,20H,16-17,26H2,1H3,(H,29,34)(H,28,30,32). The predicted molar refractivity (Wildman–Crippen MR) is 132 cm³/mol. The lowest BCUT2D eigenvalue weighted by Gasteiger charge is -2.22. The Kier molecular flexibility index (Phi) is 7.36. The van der Waals surface area contributed by atoms with E-state index in [2.05, 4.69) is 30.6 Å². The van der Waals surface area contributed by atoms with Crippen molar-refractivity contribution in [3.05, 3.63) is 90.8 Å². The summed E-state index contributed by atoms with van der Waals surface area (Å²) in [6.45, 7) is -0.103. The van der Waals surface area contributed by atoms with Crippen LogP contribution < -0.4 is 21.3 Å². The van der Waals surface area contributed by atoms with Gasteiger partial charge in [0.25, 0.3) is 0 Å². The number of nitrogens with zero attached hydrogens (tertiary/aromatic N) is 5. The summed E-state index contributed by atoms with van der Waals surface area (Å²) in [6.07, 6.45) is 3.50. The lowest BCUT2D eigenvalue weighted by molar-refractivity contribution is -0.120. The van der Waals surface area contributed by atoms with Gasteiger partial charge in [-0.15, -0.1) is 0 Å². The Morgan fingerprint density at radius 1 is 0.912 bits per heavy atom. The molecule has 4 rings (SSSR count). The molecule has 0 bridgehead atoms. The molecular formula is C25H26N8O. The third-order valence-electron chi connectivity index (χ3n) is 5.11. The molecule has 1 amide bonds. The van der Waals surface area contributed by atoms with E-state index in [9.17, 15) is 4.79 Å². The first-order chi connectivity index (χ1) is 16.6. The Labute approximate surface area is 198 Å². The molecule has 2 aromatic heterocycles. The van der Waals surface area contributed by atoms with Gasteiger partial charge < -0.3 is 21.3 Å². The summed E-state index contributed by atoms with van der Waals surface area (Å²) in [5, 5.41) is 6.09. The number of amides is 1. The van der Waals surface area contributed by atoms with E-state index < -0.39 is 6.17 Å². The molecule has 0 radical (unpaired) electrons. The maximum Gasteiger partial charge on any atom is 0.235 e. The zero-order chi connectivity index (χ0) is 23.8. The highest BCUT2D eigenvalue weighted by Gasteiger charge is 2.15. The van der Waals surface area contributed by atoms with Gasteiger partial charge in [-0.2, -0.15) is 4.98 Å². The van der Waals surface area contributed by atoms with E-state index in [-0.39, 0.29) is 12.5 Å². The molecule has 0 aliphatic heterocycles. The number of hydrogen-bond acceptors (Lipinski definition) is 8. The molecule has 2 aromatic carbocycles. The summed E-state index contributed by atoms with van der Waals surface area (Å²) in [5.74, 6) is 2.07. The van der Waals surface area contributed by atoms with Crippen molar-refractivity contribution in [2.24, 2.45) is 5.73 Å². The Balaban J connectivity index is 1.54. The van der Waals surface area contributed by atoms with Crippen molar-refractivity contribution in [3.8, 4) is 11.4 Å². The van der Waals surface area contributed by atoms with Gasteiger partial charge in [0, 0.05) is 31.4 Å². The molecule has 1 unspecified atom stereocenters. The lowest BCUT2D eigenvalue weighted by Crippen LogP contribution is -2.45. The Morgan fingerprint density at radius 3 is 2.26 bits per heavy atom. The smallest absolute Gasteiger partial charge is 0.235 e. The fourth-order valence-electron chi connectivity index (χ4n) is 3.38. The highest BCUT2D eigenvalue weighted by molar-refractivity contribution is 5.78. The molecule has 0 spiro atoms. The van der Waals surface area contributed by atoms with Gasteiger partial charge in [-0.3, -0.25) is 4.79 Å². The highest BCUT2D eigenvalue weighted by atomic mass is 16.2. The number of carbonyl (C=O) groups excluding carboxylic acids is 1. The van der Waals surface area contributed by atoms with E-state index in [4.69, 9.17) is 5.73 Å². The maximum absolute atomic E-state index is 12.0. The average molecular weight is 455 g/mol. The molecule has 0 saturated carbocycles. The van der Waals surface area contributed by atoms with Gasteiger partial charge in [0.1, 0.15) is 17.8 Å². The first-order valence-electron chi connectivity index (χ1n) is 10.9. The van der Waals surface area contributed by atoms with E-state index in [1.807, 2.05) is 78.7 Å². The van der Waals surface area contributed by atoms with Crippen LogP contribution in [-0.2, 0) is 11.2 Å². The number of hydrogen-bond donors (Lipinski definition) is 3. The van der Waals surface area contributed by atoms with Crippen LogP contribution in [0.5, 0.6) is 0 Å². The molecule has 0 aliphatic rings. The average Bonchev–Trinajstić information content (AvgIpc) is 2.89. The molecule has 1 atom stereocenters. The van der Waals surface area contributed by atoms with E-state index in [0.717, 1.165) is 11.1 Å². The van der Waals surface area contributed by atoms with Gasteiger partial charge in [-0.1, -0.05) is 60.7 Å². The van der Waals surface area contributed by atoms with Crippen molar-refractivity contribution in [2.75, 3.05) is 23.8 Å². The number of benzene rings is 2. The first kappa shape index (κ1) is 22.8. The van der Waals surface area contributed by atoms with E-state index in [0.29, 0.717) is 29.8 Å². The summed E-state index contributed by atoms with van der Waals surface area (Å²) >= 11 is 0. The minimum Gasteiger partial charge on any atom is -0.335 e. The van der Waals surface area contributed by atoms with Gasteiger partial charge in [0.15, 0.2) is 5.82 Å². The fourth-order valence-corrected chi connectivity index (χ4v) is 3.38. The quantitative estimate of drug-likeness (QED) is 0.330. The summed E-state index contributed by atoms with van der Waals surface area (Å²) in [7, 11) is 1.88. The zero-order valence-corrected chi connectivity index (χ0v) is 18.8. The first-order valence-corrected chi connectivity index (χ1v) is 10.9. The predicted octanol–water partition coefficient (Wildman–Crippen LogP) is 2.76. The third kappa shape index (κ3) is 5.90. The zero-order valence-electron chi connectivity index (χ0n) is 18.8. The van der Waals surface area contributed by atoms with Crippen LogP contribution in [-0.4, -0.2) is 45.6 Å². The SMILES string of the molecule is CN(c1ccnc(NC(Cc2ccccc2)NC(=O)CN)n1)c1ccnc(-c2ccccc2)n1.